The van der Waals surface area contributed by atoms with E-state index in [0.717, 1.165) is 12.8 Å². The minimum Gasteiger partial charge on any atom is -0.386 e. The van der Waals surface area contributed by atoms with Gasteiger partial charge in [-0.05, 0) is 6.42 Å². The van der Waals surface area contributed by atoms with Crippen LogP contribution >= 0.6 is 0 Å². The van der Waals surface area contributed by atoms with Crippen LogP contribution < -0.4 is 5.32 Å². The van der Waals surface area contributed by atoms with Crippen LogP contribution in [-0.4, -0.2) is 36.4 Å². The second kappa shape index (κ2) is 11.0. The van der Waals surface area contributed by atoms with E-state index >= 15 is 0 Å². The molecule has 0 aromatic carbocycles. The molecule has 0 aliphatic carbocycles. The number of nitrogens with one attached hydrogen (secondary N) is 1. The summed E-state index contributed by atoms with van der Waals surface area (Å²) in [6.07, 6.45) is 12.5. The number of amides is 1. The van der Waals surface area contributed by atoms with Gasteiger partial charge in [0.05, 0.1) is 6.61 Å². The number of carbonyl (C=O) groups excluding carboxylic acids is 1. The van der Waals surface area contributed by atoms with Crippen molar-refractivity contribution in [3.05, 3.63) is 0 Å². The Kier molecular flexibility index (Phi) is 9.68. The lowest BCUT2D eigenvalue weighted by Crippen LogP contribution is -2.43. The van der Waals surface area contributed by atoms with Crippen LogP contribution in [0.4, 0.5) is 0 Å². The molecule has 21 heavy (non-hydrogen) atoms. The molecule has 1 fully saturated rings. The van der Waals surface area contributed by atoms with Crippen molar-refractivity contribution in [2.75, 3.05) is 19.8 Å². The number of hydrogen-bond acceptors (Lipinski definition) is 3. The van der Waals surface area contributed by atoms with Crippen molar-refractivity contribution in [1.29, 1.82) is 0 Å². The molecule has 1 atom stereocenters. The van der Waals surface area contributed by atoms with Gasteiger partial charge in [0.15, 0.2) is 0 Å². The van der Waals surface area contributed by atoms with Crippen LogP contribution in [0.2, 0.25) is 0 Å². The summed E-state index contributed by atoms with van der Waals surface area (Å²) in [5.41, 5.74) is -0.839. The Morgan fingerprint density at radius 1 is 1.10 bits per heavy atom. The third-order valence-corrected chi connectivity index (χ3v) is 4.20. The molecule has 1 unspecified atom stereocenters. The smallest absolute Gasteiger partial charge is 0.220 e. The Hall–Kier alpha value is -0.610. The van der Waals surface area contributed by atoms with Crippen LogP contribution in [0.1, 0.15) is 77.6 Å². The van der Waals surface area contributed by atoms with Gasteiger partial charge >= 0.3 is 0 Å². The Bertz CT molecular complexity index is 275. The van der Waals surface area contributed by atoms with E-state index in [9.17, 15) is 9.90 Å². The molecule has 0 aromatic heterocycles. The van der Waals surface area contributed by atoms with Crippen molar-refractivity contribution in [1.82, 2.24) is 5.32 Å². The van der Waals surface area contributed by atoms with Gasteiger partial charge in [0, 0.05) is 26.0 Å². The summed E-state index contributed by atoms with van der Waals surface area (Å²) < 4.78 is 5.15. The van der Waals surface area contributed by atoms with E-state index in [0.29, 0.717) is 32.6 Å². The van der Waals surface area contributed by atoms with Crippen molar-refractivity contribution in [3.8, 4) is 0 Å². The minimum absolute atomic E-state index is 0.0540. The summed E-state index contributed by atoms with van der Waals surface area (Å²) in [6, 6.07) is 0. The molecule has 1 aliphatic rings. The van der Waals surface area contributed by atoms with E-state index < -0.39 is 5.60 Å². The van der Waals surface area contributed by atoms with Crippen LogP contribution in [0, 0.1) is 0 Å². The zero-order valence-corrected chi connectivity index (χ0v) is 13.7. The molecule has 4 nitrogen and oxygen atoms in total. The van der Waals surface area contributed by atoms with E-state index in [1.54, 1.807) is 0 Å². The molecule has 0 aromatic rings. The van der Waals surface area contributed by atoms with Gasteiger partial charge < -0.3 is 15.2 Å². The molecule has 0 saturated carbocycles. The van der Waals surface area contributed by atoms with E-state index in [2.05, 4.69) is 12.2 Å². The topological polar surface area (TPSA) is 58.6 Å². The van der Waals surface area contributed by atoms with E-state index in [1.165, 1.54) is 44.9 Å². The van der Waals surface area contributed by atoms with Crippen molar-refractivity contribution in [3.63, 3.8) is 0 Å². The molecule has 0 radical (unpaired) electrons. The lowest BCUT2D eigenvalue weighted by Gasteiger charge is -2.20. The number of hydrogen-bond donors (Lipinski definition) is 2. The second-order valence-electron chi connectivity index (χ2n) is 6.38. The van der Waals surface area contributed by atoms with Crippen molar-refractivity contribution in [2.24, 2.45) is 0 Å². The van der Waals surface area contributed by atoms with E-state index in [1.807, 2.05) is 0 Å². The van der Waals surface area contributed by atoms with E-state index in [-0.39, 0.29) is 5.91 Å². The average molecular weight is 299 g/mol. The second-order valence-corrected chi connectivity index (χ2v) is 6.38. The first-order valence-corrected chi connectivity index (χ1v) is 8.73. The monoisotopic (exact) mass is 299 g/mol. The highest BCUT2D eigenvalue weighted by Gasteiger charge is 2.32. The fourth-order valence-electron chi connectivity index (χ4n) is 2.68. The van der Waals surface area contributed by atoms with Crippen LogP contribution in [0.5, 0.6) is 0 Å². The van der Waals surface area contributed by atoms with Crippen LogP contribution in [-0.2, 0) is 9.53 Å². The van der Waals surface area contributed by atoms with Gasteiger partial charge in [0.2, 0.25) is 5.91 Å². The van der Waals surface area contributed by atoms with Crippen LogP contribution in [0.25, 0.3) is 0 Å². The maximum absolute atomic E-state index is 11.7. The van der Waals surface area contributed by atoms with Gasteiger partial charge in [-0.3, -0.25) is 4.79 Å². The van der Waals surface area contributed by atoms with Crippen LogP contribution in [0.3, 0.4) is 0 Å². The summed E-state index contributed by atoms with van der Waals surface area (Å²) in [4.78, 5) is 11.7. The summed E-state index contributed by atoms with van der Waals surface area (Å²) in [6.45, 7) is 3.49. The molecular formula is C17H33NO3. The fourth-order valence-corrected chi connectivity index (χ4v) is 2.68. The zero-order valence-electron chi connectivity index (χ0n) is 13.7. The highest BCUT2D eigenvalue weighted by atomic mass is 16.5. The van der Waals surface area contributed by atoms with Gasteiger partial charge in [-0.2, -0.15) is 0 Å². The molecule has 124 valence electrons. The number of rotatable bonds is 12. The maximum atomic E-state index is 11.7. The predicted octanol–water partition coefficient (Wildman–Crippen LogP) is 3.17. The quantitative estimate of drug-likeness (QED) is 0.544. The largest absolute Gasteiger partial charge is 0.386 e. The minimum atomic E-state index is -0.839. The zero-order chi connectivity index (χ0) is 15.4. The first kappa shape index (κ1) is 18.4. The molecular weight excluding hydrogens is 266 g/mol. The Morgan fingerprint density at radius 2 is 1.71 bits per heavy atom. The number of ether oxygens (including phenoxy) is 1. The first-order chi connectivity index (χ1) is 10.2. The first-order valence-electron chi connectivity index (χ1n) is 8.73. The fraction of sp³-hybridized carbons (Fsp3) is 0.941. The third-order valence-electron chi connectivity index (χ3n) is 4.20. The summed E-state index contributed by atoms with van der Waals surface area (Å²) in [7, 11) is 0. The Balaban J connectivity index is 1.87. The number of aliphatic hydroxyl groups is 1. The summed E-state index contributed by atoms with van der Waals surface area (Å²) in [5, 5.41) is 12.9. The molecule has 0 bridgehead atoms. The van der Waals surface area contributed by atoms with Gasteiger partial charge in [0.1, 0.15) is 5.60 Å². The molecule has 1 aliphatic heterocycles. The Morgan fingerprint density at radius 3 is 2.29 bits per heavy atom. The predicted molar refractivity (Wildman–Crippen MR) is 85.2 cm³/mol. The standard InChI is InChI=1S/C17H33NO3/c1-2-3-4-5-6-7-8-9-10-11-16(19)18-14-17(20)12-13-21-15-17/h20H,2-15H2,1H3,(H,18,19). The maximum Gasteiger partial charge on any atom is 0.220 e. The molecule has 1 amide bonds. The lowest BCUT2D eigenvalue weighted by molar-refractivity contribution is -0.122. The summed E-state index contributed by atoms with van der Waals surface area (Å²) >= 11 is 0. The van der Waals surface area contributed by atoms with Crippen molar-refractivity contribution < 1.29 is 14.6 Å². The van der Waals surface area contributed by atoms with Crippen molar-refractivity contribution in [2.45, 2.75) is 83.2 Å². The van der Waals surface area contributed by atoms with Gasteiger partial charge in [-0.15, -0.1) is 0 Å². The molecule has 1 saturated heterocycles. The number of carbonyl (C=O) groups is 1. The molecule has 1 rings (SSSR count). The van der Waals surface area contributed by atoms with E-state index in [4.69, 9.17) is 4.74 Å². The normalized spacial score (nSPS) is 21.6. The Labute approximate surface area is 129 Å². The third kappa shape index (κ3) is 9.10. The highest BCUT2D eigenvalue weighted by Crippen LogP contribution is 2.17. The number of unbranched alkanes of at least 4 members (excludes halogenated alkanes) is 8. The van der Waals surface area contributed by atoms with Crippen molar-refractivity contribution >= 4 is 5.91 Å². The summed E-state index contributed by atoms with van der Waals surface area (Å²) in [5.74, 6) is 0.0540. The molecule has 2 N–H and O–H groups in total. The van der Waals surface area contributed by atoms with Gasteiger partial charge in [0.25, 0.3) is 0 Å². The lowest BCUT2D eigenvalue weighted by atomic mass is 10.0. The molecule has 1 heterocycles. The highest BCUT2D eigenvalue weighted by molar-refractivity contribution is 5.75. The van der Waals surface area contributed by atoms with Gasteiger partial charge in [-0.1, -0.05) is 58.3 Å². The molecule has 4 heteroatoms. The van der Waals surface area contributed by atoms with Crippen LogP contribution in [0.15, 0.2) is 0 Å². The molecule has 0 spiro atoms. The average Bonchev–Trinajstić information content (AvgIpc) is 2.91. The van der Waals surface area contributed by atoms with Gasteiger partial charge in [-0.25, -0.2) is 0 Å². The SMILES string of the molecule is CCCCCCCCCCCC(=O)NCC1(O)CCOC1.